The van der Waals surface area contributed by atoms with Crippen molar-refractivity contribution in [2.24, 2.45) is 0 Å². The number of hydrogen-bond acceptors (Lipinski definition) is 3. The van der Waals surface area contributed by atoms with E-state index in [9.17, 15) is 4.79 Å². The molecule has 1 aromatic carbocycles. The van der Waals surface area contributed by atoms with Crippen molar-refractivity contribution in [3.63, 3.8) is 0 Å². The second-order valence-electron chi connectivity index (χ2n) is 3.99. The molecular formula is C13H11NO2. The number of rotatable bonds is 0. The number of carbonyl (C=O) groups is 1. The van der Waals surface area contributed by atoms with Crippen molar-refractivity contribution >= 4 is 5.78 Å². The zero-order chi connectivity index (χ0) is 11.1. The Kier molecular flexibility index (Phi) is 1.93. The quantitative estimate of drug-likeness (QED) is 0.675. The average Bonchev–Trinajstić information content (AvgIpc) is 2.63. The minimum Gasteiger partial charge on any atom is -0.440 e. The van der Waals surface area contributed by atoms with Crippen LogP contribution in [0.15, 0.2) is 28.7 Å². The summed E-state index contributed by atoms with van der Waals surface area (Å²) in [7, 11) is 0. The van der Waals surface area contributed by atoms with E-state index in [1.807, 2.05) is 24.3 Å². The number of aromatic nitrogens is 1. The maximum atomic E-state index is 11.9. The van der Waals surface area contributed by atoms with Gasteiger partial charge in [0.2, 0.25) is 0 Å². The van der Waals surface area contributed by atoms with Crippen LogP contribution in [0.2, 0.25) is 0 Å². The fraction of sp³-hybridized carbons (Fsp3) is 0.231. The molecular weight excluding hydrogens is 202 g/mol. The Morgan fingerprint density at radius 2 is 2.06 bits per heavy atom. The third kappa shape index (κ3) is 1.28. The number of aryl methyl sites for hydroxylation is 2. The fourth-order valence-electron chi connectivity index (χ4n) is 2.13. The van der Waals surface area contributed by atoms with Gasteiger partial charge in [-0.3, -0.25) is 4.79 Å². The number of hydrogen-bond donors (Lipinski definition) is 0. The van der Waals surface area contributed by atoms with Crippen LogP contribution in [-0.4, -0.2) is 10.8 Å². The number of nitrogens with zero attached hydrogens (tertiary/aromatic N) is 1. The van der Waals surface area contributed by atoms with Gasteiger partial charge in [0.15, 0.2) is 23.1 Å². The third-order valence-corrected chi connectivity index (χ3v) is 2.88. The number of carbonyl (C=O) groups excluding carboxylic acids is 1. The number of oxazole rings is 1. The molecule has 1 heterocycles. The normalized spacial score (nSPS) is 14.2. The summed E-state index contributed by atoms with van der Waals surface area (Å²) in [6.45, 7) is 1.77. The molecule has 0 bridgehead atoms. The lowest BCUT2D eigenvalue weighted by Gasteiger charge is -2.02. The lowest BCUT2D eigenvalue weighted by Crippen LogP contribution is -1.99. The predicted octanol–water partition coefficient (Wildman–Crippen LogP) is 2.78. The van der Waals surface area contributed by atoms with Crippen molar-refractivity contribution in [1.82, 2.24) is 4.98 Å². The summed E-state index contributed by atoms with van der Waals surface area (Å²) in [6.07, 6.45) is 1.27. The molecule has 3 nitrogen and oxygen atoms in total. The molecule has 0 saturated heterocycles. The van der Waals surface area contributed by atoms with E-state index < -0.39 is 0 Å². The average molecular weight is 213 g/mol. The van der Waals surface area contributed by atoms with Crippen molar-refractivity contribution in [3.05, 3.63) is 41.4 Å². The van der Waals surface area contributed by atoms with Crippen molar-refractivity contribution in [2.75, 3.05) is 0 Å². The van der Waals surface area contributed by atoms with E-state index in [-0.39, 0.29) is 5.78 Å². The summed E-state index contributed by atoms with van der Waals surface area (Å²) in [5.74, 6) is 1.26. The van der Waals surface area contributed by atoms with Gasteiger partial charge in [0.05, 0.1) is 0 Å². The van der Waals surface area contributed by atoms with E-state index in [1.165, 1.54) is 0 Å². The summed E-state index contributed by atoms with van der Waals surface area (Å²) in [6, 6.07) is 7.96. The van der Waals surface area contributed by atoms with Gasteiger partial charge in [0.1, 0.15) is 0 Å². The molecule has 1 aliphatic carbocycles. The zero-order valence-corrected chi connectivity index (χ0v) is 8.99. The van der Waals surface area contributed by atoms with Gasteiger partial charge in [0, 0.05) is 18.9 Å². The first kappa shape index (κ1) is 9.33. The molecule has 0 saturated carbocycles. The Bertz CT molecular complexity index is 569. The third-order valence-electron chi connectivity index (χ3n) is 2.88. The molecule has 3 heteroatoms. The molecule has 0 fully saturated rings. The van der Waals surface area contributed by atoms with Crippen LogP contribution in [0.4, 0.5) is 0 Å². The molecule has 0 N–H and O–H groups in total. The lowest BCUT2D eigenvalue weighted by atomic mass is 10.0. The molecule has 1 aliphatic rings. The van der Waals surface area contributed by atoms with Crippen LogP contribution in [0.3, 0.4) is 0 Å². The first-order chi connectivity index (χ1) is 7.75. The summed E-state index contributed by atoms with van der Waals surface area (Å²) in [4.78, 5) is 16.0. The van der Waals surface area contributed by atoms with Gasteiger partial charge in [-0.25, -0.2) is 4.98 Å². The van der Waals surface area contributed by atoms with E-state index in [0.29, 0.717) is 23.8 Å². The van der Waals surface area contributed by atoms with E-state index >= 15 is 0 Å². The standard InChI is InChI=1S/C13H11NO2/c1-8-14-12-11(15)7-6-9-4-2-3-5-10(9)13(12)16-8/h2-5H,6-7H2,1H3. The zero-order valence-electron chi connectivity index (χ0n) is 8.99. The van der Waals surface area contributed by atoms with Crippen LogP contribution < -0.4 is 0 Å². The Labute approximate surface area is 93.1 Å². The van der Waals surface area contributed by atoms with Crippen LogP contribution in [0.1, 0.15) is 28.4 Å². The molecule has 3 rings (SSSR count). The van der Waals surface area contributed by atoms with E-state index in [1.54, 1.807) is 6.92 Å². The Morgan fingerprint density at radius 1 is 1.25 bits per heavy atom. The first-order valence-corrected chi connectivity index (χ1v) is 5.34. The highest BCUT2D eigenvalue weighted by atomic mass is 16.4. The number of ketones is 1. The monoisotopic (exact) mass is 213 g/mol. The highest BCUT2D eigenvalue weighted by Gasteiger charge is 2.24. The van der Waals surface area contributed by atoms with Gasteiger partial charge in [-0.2, -0.15) is 0 Å². The SMILES string of the molecule is Cc1nc2c(o1)-c1ccccc1CCC2=O. The van der Waals surface area contributed by atoms with Crippen molar-refractivity contribution in [1.29, 1.82) is 0 Å². The topological polar surface area (TPSA) is 43.1 Å². The second kappa shape index (κ2) is 3.30. The number of Topliss-reactive ketones (excluding diaryl/α,β-unsaturated/α-hetero) is 1. The largest absolute Gasteiger partial charge is 0.440 e. The molecule has 0 radical (unpaired) electrons. The summed E-state index contributed by atoms with van der Waals surface area (Å²) >= 11 is 0. The van der Waals surface area contributed by atoms with E-state index in [2.05, 4.69) is 4.98 Å². The van der Waals surface area contributed by atoms with Crippen molar-refractivity contribution in [2.45, 2.75) is 19.8 Å². The molecule has 0 amide bonds. The minimum absolute atomic E-state index is 0.0723. The highest BCUT2D eigenvalue weighted by molar-refractivity contribution is 6.00. The Balaban J connectivity index is 2.31. The molecule has 0 spiro atoms. The van der Waals surface area contributed by atoms with Crippen molar-refractivity contribution in [3.8, 4) is 11.3 Å². The molecule has 80 valence electrons. The molecule has 1 aromatic heterocycles. The van der Waals surface area contributed by atoms with Crippen molar-refractivity contribution < 1.29 is 9.21 Å². The smallest absolute Gasteiger partial charge is 0.192 e. The maximum Gasteiger partial charge on any atom is 0.192 e. The fourth-order valence-corrected chi connectivity index (χ4v) is 2.13. The Hall–Kier alpha value is -1.90. The van der Waals surface area contributed by atoms with Crippen LogP contribution >= 0.6 is 0 Å². The first-order valence-electron chi connectivity index (χ1n) is 5.34. The molecule has 0 aliphatic heterocycles. The molecule has 0 unspecified atom stereocenters. The molecule has 16 heavy (non-hydrogen) atoms. The van der Waals surface area contributed by atoms with Crippen LogP contribution in [0.25, 0.3) is 11.3 Å². The van der Waals surface area contributed by atoms with Crippen LogP contribution in [0.5, 0.6) is 0 Å². The molecule has 0 atom stereocenters. The predicted molar refractivity (Wildman–Crippen MR) is 59.3 cm³/mol. The molecule has 2 aromatic rings. The van der Waals surface area contributed by atoms with Gasteiger partial charge in [-0.15, -0.1) is 0 Å². The minimum atomic E-state index is 0.0723. The van der Waals surface area contributed by atoms with Gasteiger partial charge in [-0.05, 0) is 12.0 Å². The highest BCUT2D eigenvalue weighted by Crippen LogP contribution is 2.32. The second-order valence-corrected chi connectivity index (χ2v) is 3.99. The van der Waals surface area contributed by atoms with Gasteiger partial charge < -0.3 is 4.42 Å². The lowest BCUT2D eigenvalue weighted by molar-refractivity contribution is 0.0980. The summed E-state index contributed by atoms with van der Waals surface area (Å²) in [5.41, 5.74) is 2.65. The Morgan fingerprint density at radius 3 is 2.94 bits per heavy atom. The number of fused-ring (bicyclic) bond motifs is 3. The van der Waals surface area contributed by atoms with E-state index in [0.717, 1.165) is 17.5 Å². The van der Waals surface area contributed by atoms with Crippen LogP contribution in [0, 0.1) is 6.92 Å². The maximum absolute atomic E-state index is 11.9. The van der Waals surface area contributed by atoms with E-state index in [4.69, 9.17) is 4.42 Å². The van der Waals surface area contributed by atoms with Crippen LogP contribution in [-0.2, 0) is 6.42 Å². The number of benzene rings is 1. The van der Waals surface area contributed by atoms with Gasteiger partial charge in [0.25, 0.3) is 0 Å². The van der Waals surface area contributed by atoms with Gasteiger partial charge >= 0.3 is 0 Å². The summed E-state index contributed by atoms with van der Waals surface area (Å²) in [5, 5.41) is 0. The van der Waals surface area contributed by atoms with Gasteiger partial charge in [-0.1, -0.05) is 24.3 Å². The summed E-state index contributed by atoms with van der Waals surface area (Å²) < 4.78 is 5.55.